The number of hydrogen-bond acceptors (Lipinski definition) is 2. The third-order valence-electron chi connectivity index (χ3n) is 12.2. The van der Waals surface area contributed by atoms with E-state index in [9.17, 15) is 0 Å². The van der Waals surface area contributed by atoms with Crippen LogP contribution in [0, 0.1) is 52.3 Å². The molecule has 0 spiro atoms. The molecule has 0 N–H and O–H groups in total. The maximum absolute atomic E-state index is 5.06. The Morgan fingerprint density at radius 3 is 2.51 bits per heavy atom. The van der Waals surface area contributed by atoms with Crippen LogP contribution in [0.1, 0.15) is 97.7 Å². The number of rotatable bonds is 6. The fraction of sp³-hybridized carbons (Fsp3) is 0.622. The monoisotopic (exact) mass is 522 g/mol. The molecule has 3 fully saturated rings. The van der Waals surface area contributed by atoms with Gasteiger partial charge in [0.15, 0.2) is 5.82 Å². The number of aromatic nitrogens is 2. The van der Waals surface area contributed by atoms with E-state index < -0.39 is 0 Å². The first-order chi connectivity index (χ1) is 18.7. The molecule has 4 aliphatic rings. The molecule has 0 bridgehead atoms. The van der Waals surface area contributed by atoms with E-state index >= 15 is 0 Å². The van der Waals surface area contributed by atoms with Gasteiger partial charge < -0.3 is 0 Å². The van der Waals surface area contributed by atoms with Crippen LogP contribution in [0.4, 0.5) is 0 Å². The Morgan fingerprint density at radius 1 is 0.974 bits per heavy atom. The molecule has 6 rings (SSSR count). The molecule has 2 heteroatoms. The van der Waals surface area contributed by atoms with Crippen LogP contribution in [0.2, 0.25) is 0 Å². The number of hydrogen-bond donors (Lipinski definition) is 0. The van der Waals surface area contributed by atoms with Crippen LogP contribution in [-0.2, 0) is 6.42 Å². The van der Waals surface area contributed by atoms with Gasteiger partial charge in [-0.1, -0.05) is 89.6 Å². The number of fused-ring (bicyclic) bond motifs is 6. The van der Waals surface area contributed by atoms with Gasteiger partial charge in [-0.15, -0.1) is 0 Å². The maximum Gasteiger partial charge on any atom is 0.159 e. The van der Waals surface area contributed by atoms with Gasteiger partial charge in [0.05, 0.1) is 5.69 Å². The van der Waals surface area contributed by atoms with Crippen LogP contribution in [-0.4, -0.2) is 9.97 Å². The fourth-order valence-electron chi connectivity index (χ4n) is 9.96. The highest BCUT2D eigenvalue weighted by molar-refractivity contribution is 5.63. The van der Waals surface area contributed by atoms with E-state index in [0.717, 1.165) is 53.3 Å². The second-order valence-corrected chi connectivity index (χ2v) is 14.4. The van der Waals surface area contributed by atoms with Crippen molar-refractivity contribution in [2.24, 2.45) is 52.3 Å². The van der Waals surface area contributed by atoms with E-state index in [1.54, 1.807) is 5.57 Å². The molecule has 39 heavy (non-hydrogen) atoms. The first-order valence-corrected chi connectivity index (χ1v) is 16.0. The van der Waals surface area contributed by atoms with Crippen molar-refractivity contribution in [1.82, 2.24) is 9.97 Å². The molecule has 0 unspecified atom stereocenters. The Hall–Kier alpha value is -2.22. The van der Waals surface area contributed by atoms with Crippen LogP contribution in [0.15, 0.2) is 54.3 Å². The predicted octanol–water partition coefficient (Wildman–Crippen LogP) is 9.82. The topological polar surface area (TPSA) is 25.8 Å². The summed E-state index contributed by atoms with van der Waals surface area (Å²) in [4.78, 5) is 9.88. The summed E-state index contributed by atoms with van der Waals surface area (Å²) in [6, 6.07) is 10.4. The first kappa shape index (κ1) is 27.0. The van der Waals surface area contributed by atoms with Crippen molar-refractivity contribution in [2.75, 3.05) is 0 Å². The second kappa shape index (κ2) is 10.3. The van der Waals surface area contributed by atoms with Crippen LogP contribution in [0.5, 0.6) is 0 Å². The van der Waals surface area contributed by atoms with Gasteiger partial charge in [0.1, 0.15) is 0 Å². The maximum atomic E-state index is 5.06. The molecular weight excluding hydrogens is 472 g/mol. The Balaban J connectivity index is 1.22. The molecule has 2 aromatic rings. The SMILES string of the molecule is CC[C@H](/C=C/[C@@H](C)[C@H]1CC[C@H]2[C@@H]3CCC4=Cc5nc(-c6ccccc6)ncc5C[C@]4(C)[C@H]3CC[C@]12C)C(C)C. The van der Waals surface area contributed by atoms with E-state index in [-0.39, 0.29) is 5.41 Å². The molecule has 1 aromatic heterocycles. The molecular formula is C37H50N2. The molecule has 0 radical (unpaired) electrons. The van der Waals surface area contributed by atoms with Crippen LogP contribution in [0.3, 0.4) is 0 Å². The minimum absolute atomic E-state index is 0.268. The lowest BCUT2D eigenvalue weighted by molar-refractivity contribution is -0.0514. The lowest BCUT2D eigenvalue weighted by Crippen LogP contribution is -2.51. The third-order valence-corrected chi connectivity index (χ3v) is 12.2. The standard InChI is InChI=1S/C37H50N2/c1-7-26(24(2)3)14-13-25(4)31-17-18-32-30-16-15-29-21-34-28(22-37(29,6)33(30)19-20-36(31,32)5)23-38-35(39-34)27-11-9-8-10-12-27/h8-14,21,23-26,30-33H,7,15-20,22H2,1-6H3/b14-13+/t25-,26-,30+,31-,32+,33+,36-,37+/m1/s1. The zero-order valence-electron chi connectivity index (χ0n) is 25.3. The minimum Gasteiger partial charge on any atom is -0.236 e. The lowest BCUT2D eigenvalue weighted by atomic mass is 9.46. The van der Waals surface area contributed by atoms with Gasteiger partial charge in [0.2, 0.25) is 0 Å². The Kier molecular flexibility index (Phi) is 7.13. The highest BCUT2D eigenvalue weighted by atomic mass is 14.9. The van der Waals surface area contributed by atoms with Crippen LogP contribution < -0.4 is 0 Å². The zero-order chi connectivity index (χ0) is 27.4. The predicted molar refractivity (Wildman–Crippen MR) is 164 cm³/mol. The number of nitrogens with zero attached hydrogens (tertiary/aromatic N) is 2. The van der Waals surface area contributed by atoms with E-state index in [0.29, 0.717) is 11.3 Å². The highest BCUT2D eigenvalue weighted by Crippen LogP contribution is 2.67. The van der Waals surface area contributed by atoms with E-state index in [1.165, 1.54) is 56.2 Å². The van der Waals surface area contributed by atoms with Crippen LogP contribution >= 0.6 is 0 Å². The van der Waals surface area contributed by atoms with Gasteiger partial charge in [-0.3, -0.25) is 0 Å². The Morgan fingerprint density at radius 2 is 1.77 bits per heavy atom. The molecule has 8 atom stereocenters. The molecule has 4 aliphatic carbocycles. The average molecular weight is 523 g/mol. The molecule has 0 amide bonds. The van der Waals surface area contributed by atoms with Gasteiger partial charge in [-0.25, -0.2) is 9.97 Å². The van der Waals surface area contributed by atoms with Gasteiger partial charge in [-0.2, -0.15) is 0 Å². The zero-order valence-corrected chi connectivity index (χ0v) is 25.3. The number of allylic oxidation sites excluding steroid dienone is 3. The van der Waals surface area contributed by atoms with Gasteiger partial charge in [0.25, 0.3) is 0 Å². The van der Waals surface area contributed by atoms with Gasteiger partial charge >= 0.3 is 0 Å². The molecule has 0 saturated heterocycles. The van der Waals surface area contributed by atoms with E-state index in [4.69, 9.17) is 9.97 Å². The van der Waals surface area contributed by atoms with Crippen molar-refractivity contribution in [2.45, 2.75) is 92.9 Å². The lowest BCUT2D eigenvalue weighted by Gasteiger charge is -2.58. The quantitative estimate of drug-likeness (QED) is 0.353. The summed E-state index contributed by atoms with van der Waals surface area (Å²) < 4.78 is 0. The van der Waals surface area contributed by atoms with Crippen molar-refractivity contribution in [3.63, 3.8) is 0 Å². The van der Waals surface area contributed by atoms with E-state index in [1.807, 2.05) is 0 Å². The van der Waals surface area contributed by atoms with Crippen molar-refractivity contribution >= 4 is 6.08 Å². The summed E-state index contributed by atoms with van der Waals surface area (Å²) >= 11 is 0. The smallest absolute Gasteiger partial charge is 0.159 e. The third kappa shape index (κ3) is 4.54. The van der Waals surface area contributed by atoms with E-state index in [2.05, 4.69) is 96.3 Å². The van der Waals surface area contributed by atoms with Gasteiger partial charge in [0, 0.05) is 11.8 Å². The Bertz CT molecular complexity index is 1240. The van der Waals surface area contributed by atoms with Gasteiger partial charge in [-0.05, 0) is 115 Å². The minimum atomic E-state index is 0.268. The summed E-state index contributed by atoms with van der Waals surface area (Å²) in [5.74, 6) is 6.41. The first-order valence-electron chi connectivity index (χ1n) is 16.0. The Labute approximate surface area is 237 Å². The van der Waals surface area contributed by atoms with Crippen molar-refractivity contribution in [3.05, 3.63) is 65.5 Å². The second-order valence-electron chi connectivity index (χ2n) is 14.4. The molecule has 1 aromatic carbocycles. The molecule has 2 nitrogen and oxygen atoms in total. The highest BCUT2D eigenvalue weighted by Gasteiger charge is 2.59. The van der Waals surface area contributed by atoms with Crippen molar-refractivity contribution in [3.8, 4) is 11.4 Å². The fourth-order valence-corrected chi connectivity index (χ4v) is 9.96. The van der Waals surface area contributed by atoms with Crippen molar-refractivity contribution < 1.29 is 0 Å². The molecule has 3 saturated carbocycles. The summed E-state index contributed by atoms with van der Waals surface area (Å²) in [6.45, 7) is 14.9. The molecule has 208 valence electrons. The molecule has 0 aliphatic heterocycles. The number of benzene rings is 1. The average Bonchev–Trinajstić information content (AvgIpc) is 3.29. The summed E-state index contributed by atoms with van der Waals surface area (Å²) in [5.41, 5.74) is 6.07. The summed E-state index contributed by atoms with van der Waals surface area (Å²) in [5, 5.41) is 0. The summed E-state index contributed by atoms with van der Waals surface area (Å²) in [7, 11) is 0. The van der Waals surface area contributed by atoms with Crippen molar-refractivity contribution in [1.29, 1.82) is 0 Å². The summed E-state index contributed by atoms with van der Waals surface area (Å²) in [6.07, 6.45) is 20.5. The molecule has 1 heterocycles. The van der Waals surface area contributed by atoms with Crippen LogP contribution in [0.25, 0.3) is 17.5 Å². The normalized spacial score (nSPS) is 35.1. The largest absolute Gasteiger partial charge is 0.236 e.